The Kier molecular flexibility index (Phi) is 4.62. The topological polar surface area (TPSA) is 64.0 Å². The highest BCUT2D eigenvalue weighted by Gasteiger charge is 2.11. The first-order chi connectivity index (χ1) is 11.5. The molecule has 1 aromatic carbocycles. The molecule has 6 heteroatoms. The van der Waals surface area contributed by atoms with Crippen molar-refractivity contribution in [1.29, 1.82) is 0 Å². The molecule has 3 rings (SSSR count). The Hall–Kier alpha value is -2.66. The zero-order valence-corrected chi connectivity index (χ0v) is 13.8. The number of nitrogens with zero attached hydrogens (tertiary/aromatic N) is 2. The summed E-state index contributed by atoms with van der Waals surface area (Å²) in [7, 11) is 0. The van der Waals surface area contributed by atoms with Gasteiger partial charge in [0, 0.05) is 23.6 Å². The number of carbonyl (C=O) groups excluding carboxylic acids is 1. The van der Waals surface area contributed by atoms with Gasteiger partial charge in [0.25, 0.3) is 5.56 Å². The Morgan fingerprint density at radius 3 is 2.75 bits per heavy atom. The second kappa shape index (κ2) is 6.84. The van der Waals surface area contributed by atoms with Crippen molar-refractivity contribution < 1.29 is 4.79 Å². The van der Waals surface area contributed by atoms with E-state index >= 15 is 0 Å². The summed E-state index contributed by atoms with van der Waals surface area (Å²) in [5.41, 5.74) is 0.720. The lowest BCUT2D eigenvalue weighted by Crippen LogP contribution is -2.33. The molecule has 122 valence electrons. The van der Waals surface area contributed by atoms with E-state index in [2.05, 4.69) is 10.3 Å². The number of rotatable bonds is 4. The number of carbonyl (C=O) groups is 1. The van der Waals surface area contributed by atoms with E-state index in [4.69, 9.17) is 11.6 Å². The zero-order valence-electron chi connectivity index (χ0n) is 13.1. The molecule has 0 unspecified atom stereocenters. The molecule has 0 radical (unpaired) electrons. The van der Waals surface area contributed by atoms with Crippen molar-refractivity contribution in [3.8, 4) is 0 Å². The van der Waals surface area contributed by atoms with Gasteiger partial charge < -0.3 is 9.88 Å². The van der Waals surface area contributed by atoms with Gasteiger partial charge in [-0.25, -0.2) is 0 Å². The number of amides is 1. The second-order valence-corrected chi connectivity index (χ2v) is 5.99. The van der Waals surface area contributed by atoms with Gasteiger partial charge in [-0.15, -0.1) is 0 Å². The highest BCUT2D eigenvalue weighted by atomic mass is 35.5. The number of halogens is 1. The van der Waals surface area contributed by atoms with Gasteiger partial charge in [-0.3, -0.25) is 14.6 Å². The van der Waals surface area contributed by atoms with Gasteiger partial charge in [0.1, 0.15) is 6.54 Å². The van der Waals surface area contributed by atoms with Crippen LogP contribution in [0.3, 0.4) is 0 Å². The van der Waals surface area contributed by atoms with Crippen molar-refractivity contribution >= 4 is 28.3 Å². The van der Waals surface area contributed by atoms with Crippen molar-refractivity contribution in [1.82, 2.24) is 14.9 Å². The van der Waals surface area contributed by atoms with Gasteiger partial charge in [0.15, 0.2) is 0 Å². The number of pyridine rings is 2. The van der Waals surface area contributed by atoms with E-state index in [0.29, 0.717) is 10.4 Å². The molecule has 0 aliphatic rings. The Bertz CT molecular complexity index is 935. The van der Waals surface area contributed by atoms with E-state index in [1.807, 2.05) is 19.1 Å². The molecular formula is C18H16ClN3O2. The number of hydrogen-bond donors (Lipinski definition) is 1. The van der Waals surface area contributed by atoms with Crippen molar-refractivity contribution in [3.63, 3.8) is 0 Å². The van der Waals surface area contributed by atoms with Gasteiger partial charge in [-0.05, 0) is 42.1 Å². The standard InChI is InChI=1S/C18H16ClN3O2/c1-12(13-2-4-15(19)5-3-13)21-17(23)11-22-9-7-14-6-8-20-10-16(14)18(22)24/h2-10,12H,11H2,1H3,(H,21,23)/t12-/m0/s1. The summed E-state index contributed by atoms with van der Waals surface area (Å²) in [6, 6.07) is 10.7. The molecular weight excluding hydrogens is 326 g/mol. The van der Waals surface area contributed by atoms with Crippen LogP contribution in [-0.4, -0.2) is 15.5 Å². The lowest BCUT2D eigenvalue weighted by Gasteiger charge is -2.15. The molecule has 0 saturated carbocycles. The van der Waals surface area contributed by atoms with Gasteiger partial charge in [0.05, 0.1) is 11.4 Å². The number of benzene rings is 1. The molecule has 2 aromatic heterocycles. The predicted octanol–water partition coefficient (Wildman–Crippen LogP) is 2.93. The van der Waals surface area contributed by atoms with E-state index in [9.17, 15) is 9.59 Å². The molecule has 0 saturated heterocycles. The molecule has 0 spiro atoms. The third kappa shape index (κ3) is 3.46. The number of nitrogens with one attached hydrogen (secondary N) is 1. The number of hydrogen-bond acceptors (Lipinski definition) is 3. The minimum absolute atomic E-state index is 0.0401. The smallest absolute Gasteiger partial charge is 0.260 e. The van der Waals surface area contributed by atoms with Crippen LogP contribution in [0.15, 0.2) is 59.8 Å². The Balaban J connectivity index is 1.74. The van der Waals surface area contributed by atoms with Crippen LogP contribution < -0.4 is 10.9 Å². The van der Waals surface area contributed by atoms with Gasteiger partial charge >= 0.3 is 0 Å². The SMILES string of the molecule is C[C@H](NC(=O)Cn1ccc2ccncc2c1=O)c1ccc(Cl)cc1. The van der Waals surface area contributed by atoms with Crippen molar-refractivity contribution in [3.05, 3.63) is 75.9 Å². The fourth-order valence-corrected chi connectivity index (χ4v) is 2.65. The normalized spacial score (nSPS) is 12.1. The van der Waals surface area contributed by atoms with Crippen molar-refractivity contribution in [2.75, 3.05) is 0 Å². The quantitative estimate of drug-likeness (QED) is 0.793. The Labute approximate surface area is 143 Å². The molecule has 0 fully saturated rings. The summed E-state index contributed by atoms with van der Waals surface area (Å²) < 4.78 is 1.38. The zero-order chi connectivity index (χ0) is 17.1. The van der Waals surface area contributed by atoms with Crippen LogP contribution in [0.5, 0.6) is 0 Å². The summed E-state index contributed by atoms with van der Waals surface area (Å²) in [4.78, 5) is 28.6. The first-order valence-electron chi connectivity index (χ1n) is 7.52. The van der Waals surface area contributed by atoms with Crippen LogP contribution in [0.25, 0.3) is 10.8 Å². The molecule has 0 aliphatic carbocycles. The summed E-state index contributed by atoms with van der Waals surface area (Å²) in [6.45, 7) is 1.84. The van der Waals surface area contributed by atoms with Gasteiger partial charge in [-0.2, -0.15) is 0 Å². The van der Waals surface area contributed by atoms with Crippen molar-refractivity contribution in [2.45, 2.75) is 19.5 Å². The van der Waals surface area contributed by atoms with E-state index < -0.39 is 0 Å². The molecule has 2 heterocycles. The van der Waals surface area contributed by atoms with E-state index in [1.165, 1.54) is 10.8 Å². The number of fused-ring (bicyclic) bond motifs is 1. The van der Waals surface area contributed by atoms with Crippen LogP contribution in [0.2, 0.25) is 5.02 Å². The highest BCUT2D eigenvalue weighted by Crippen LogP contribution is 2.16. The maximum absolute atomic E-state index is 12.4. The van der Waals surface area contributed by atoms with Crippen LogP contribution in [0, 0.1) is 0 Å². The lowest BCUT2D eigenvalue weighted by molar-refractivity contribution is -0.122. The van der Waals surface area contributed by atoms with E-state index in [-0.39, 0.29) is 24.1 Å². The summed E-state index contributed by atoms with van der Waals surface area (Å²) >= 11 is 5.86. The minimum atomic E-state index is -0.234. The van der Waals surface area contributed by atoms with Gasteiger partial charge in [0.2, 0.25) is 5.91 Å². The first-order valence-corrected chi connectivity index (χ1v) is 7.90. The molecule has 0 aliphatic heterocycles. The molecule has 24 heavy (non-hydrogen) atoms. The summed E-state index contributed by atoms with van der Waals surface area (Å²) in [5.74, 6) is -0.234. The molecule has 3 aromatic rings. The fraction of sp³-hybridized carbons (Fsp3) is 0.167. The van der Waals surface area contributed by atoms with Crippen LogP contribution in [0.1, 0.15) is 18.5 Å². The maximum Gasteiger partial charge on any atom is 0.260 e. The molecule has 1 atom stereocenters. The van der Waals surface area contributed by atoms with Crippen LogP contribution in [0.4, 0.5) is 0 Å². The Morgan fingerprint density at radius 2 is 2.00 bits per heavy atom. The molecule has 5 nitrogen and oxygen atoms in total. The highest BCUT2D eigenvalue weighted by molar-refractivity contribution is 6.30. The van der Waals surface area contributed by atoms with Crippen LogP contribution in [-0.2, 0) is 11.3 Å². The molecule has 0 bridgehead atoms. The third-order valence-electron chi connectivity index (χ3n) is 3.84. The Morgan fingerprint density at radius 1 is 1.25 bits per heavy atom. The summed E-state index contributed by atoms with van der Waals surface area (Å²) in [6.07, 6.45) is 4.77. The predicted molar refractivity (Wildman–Crippen MR) is 94.0 cm³/mol. The monoisotopic (exact) mass is 341 g/mol. The maximum atomic E-state index is 12.4. The van der Waals surface area contributed by atoms with E-state index in [0.717, 1.165) is 10.9 Å². The fourth-order valence-electron chi connectivity index (χ4n) is 2.52. The largest absolute Gasteiger partial charge is 0.348 e. The molecule has 1 amide bonds. The number of aromatic nitrogens is 2. The van der Waals surface area contributed by atoms with Gasteiger partial charge in [-0.1, -0.05) is 23.7 Å². The van der Waals surface area contributed by atoms with Crippen LogP contribution >= 0.6 is 11.6 Å². The average molecular weight is 342 g/mol. The average Bonchev–Trinajstić information content (AvgIpc) is 2.58. The minimum Gasteiger partial charge on any atom is -0.348 e. The van der Waals surface area contributed by atoms with Crippen molar-refractivity contribution in [2.24, 2.45) is 0 Å². The second-order valence-electron chi connectivity index (χ2n) is 5.55. The van der Waals surface area contributed by atoms with E-state index in [1.54, 1.807) is 36.7 Å². The molecule has 1 N–H and O–H groups in total. The lowest BCUT2D eigenvalue weighted by atomic mass is 10.1. The first kappa shape index (κ1) is 16.2. The third-order valence-corrected chi connectivity index (χ3v) is 4.09. The summed E-state index contributed by atoms with van der Waals surface area (Å²) in [5, 5.41) is 4.83.